The van der Waals surface area contributed by atoms with Gasteiger partial charge in [-0.05, 0) is 43.0 Å². The van der Waals surface area contributed by atoms with E-state index in [-0.39, 0.29) is 5.91 Å². The zero-order valence-electron chi connectivity index (χ0n) is 17.1. The number of rotatable bonds is 9. The number of nitrogens with one attached hydrogen (secondary N) is 2. The lowest BCUT2D eigenvalue weighted by Crippen LogP contribution is -2.39. The Balaban J connectivity index is 1.28. The van der Waals surface area contributed by atoms with Crippen molar-refractivity contribution >= 4 is 17.6 Å². The Morgan fingerprint density at radius 3 is 2.55 bits per heavy atom. The molecule has 1 heterocycles. The zero-order valence-corrected chi connectivity index (χ0v) is 17.1. The van der Waals surface area contributed by atoms with Gasteiger partial charge in [0.2, 0.25) is 5.91 Å². The third kappa shape index (κ3) is 6.24. The Bertz CT molecular complexity index is 808. The third-order valence-corrected chi connectivity index (χ3v) is 4.90. The van der Waals surface area contributed by atoms with E-state index in [9.17, 15) is 4.79 Å². The summed E-state index contributed by atoms with van der Waals surface area (Å²) >= 11 is 0. The van der Waals surface area contributed by atoms with E-state index < -0.39 is 0 Å². The van der Waals surface area contributed by atoms with Gasteiger partial charge >= 0.3 is 0 Å². The largest absolute Gasteiger partial charge is 0.494 e. The van der Waals surface area contributed by atoms with Crippen LogP contribution in [0.3, 0.4) is 0 Å². The van der Waals surface area contributed by atoms with Crippen molar-refractivity contribution in [2.75, 3.05) is 38.2 Å². The van der Waals surface area contributed by atoms with E-state index in [1.807, 2.05) is 53.4 Å². The number of ether oxygens (including phenoxy) is 1. The molecule has 0 bridgehead atoms. The first kappa shape index (κ1) is 20.7. The van der Waals surface area contributed by atoms with Crippen LogP contribution >= 0.6 is 0 Å². The molecule has 1 aliphatic rings. The standard InChI is InChI=1S/C23H30N4O2/c1-24-23(26-16-8-18-29-20-10-3-2-4-11-20)25-15-7-13-22(28)27-17-14-19-9-5-6-12-21(19)27/h2-6,9-12H,7-8,13-18H2,1H3,(H2,24,25,26). The summed E-state index contributed by atoms with van der Waals surface area (Å²) in [6.07, 6.45) is 3.13. The lowest BCUT2D eigenvalue weighted by molar-refractivity contribution is -0.118. The summed E-state index contributed by atoms with van der Waals surface area (Å²) < 4.78 is 5.68. The van der Waals surface area contributed by atoms with Crippen LogP contribution in [0.2, 0.25) is 0 Å². The molecule has 29 heavy (non-hydrogen) atoms. The SMILES string of the molecule is CN=C(NCCCOc1ccccc1)NCCCC(=O)N1CCc2ccccc21. The fourth-order valence-corrected chi connectivity index (χ4v) is 3.38. The van der Waals surface area contributed by atoms with Crippen LogP contribution in [-0.4, -0.2) is 45.2 Å². The molecule has 1 aliphatic heterocycles. The van der Waals surface area contributed by atoms with E-state index in [1.165, 1.54) is 5.56 Å². The minimum absolute atomic E-state index is 0.192. The van der Waals surface area contributed by atoms with Crippen molar-refractivity contribution in [3.05, 3.63) is 60.2 Å². The molecule has 154 valence electrons. The van der Waals surface area contributed by atoms with Gasteiger partial charge in [-0.25, -0.2) is 0 Å². The normalized spacial score (nSPS) is 13.1. The predicted molar refractivity (Wildman–Crippen MR) is 118 cm³/mol. The number of carbonyl (C=O) groups excluding carboxylic acids is 1. The molecular weight excluding hydrogens is 364 g/mol. The number of benzene rings is 2. The molecule has 6 nitrogen and oxygen atoms in total. The van der Waals surface area contributed by atoms with Crippen LogP contribution in [0.5, 0.6) is 5.75 Å². The van der Waals surface area contributed by atoms with Gasteiger partial charge < -0.3 is 20.3 Å². The van der Waals surface area contributed by atoms with Gasteiger partial charge in [0, 0.05) is 38.8 Å². The van der Waals surface area contributed by atoms with Crippen molar-refractivity contribution in [1.29, 1.82) is 0 Å². The maximum absolute atomic E-state index is 12.5. The average Bonchev–Trinajstić information content (AvgIpc) is 3.20. The molecule has 3 rings (SSSR count). The zero-order chi connectivity index (χ0) is 20.3. The van der Waals surface area contributed by atoms with Crippen LogP contribution in [0.15, 0.2) is 59.6 Å². The predicted octanol–water partition coefficient (Wildman–Crippen LogP) is 2.99. The number of carbonyl (C=O) groups is 1. The number of hydrogen-bond acceptors (Lipinski definition) is 3. The van der Waals surface area contributed by atoms with Crippen LogP contribution in [-0.2, 0) is 11.2 Å². The highest BCUT2D eigenvalue weighted by atomic mass is 16.5. The van der Waals surface area contributed by atoms with Crippen LogP contribution in [0.25, 0.3) is 0 Å². The first-order valence-electron chi connectivity index (χ1n) is 10.3. The number of amides is 1. The number of para-hydroxylation sites is 2. The second kappa shape index (κ2) is 11.1. The topological polar surface area (TPSA) is 66.0 Å². The molecule has 0 spiro atoms. The summed E-state index contributed by atoms with van der Waals surface area (Å²) in [5.74, 6) is 1.83. The highest BCUT2D eigenvalue weighted by Gasteiger charge is 2.23. The fourth-order valence-electron chi connectivity index (χ4n) is 3.38. The lowest BCUT2D eigenvalue weighted by atomic mass is 10.2. The van der Waals surface area contributed by atoms with Crippen LogP contribution in [0.4, 0.5) is 5.69 Å². The Hall–Kier alpha value is -3.02. The first-order chi connectivity index (χ1) is 14.3. The minimum atomic E-state index is 0.192. The summed E-state index contributed by atoms with van der Waals surface area (Å²) in [4.78, 5) is 18.7. The van der Waals surface area contributed by atoms with Gasteiger partial charge in [-0.1, -0.05) is 36.4 Å². The summed E-state index contributed by atoms with van der Waals surface area (Å²) in [6, 6.07) is 18.0. The van der Waals surface area contributed by atoms with Crippen molar-refractivity contribution in [3.8, 4) is 5.75 Å². The molecule has 2 N–H and O–H groups in total. The fraction of sp³-hybridized carbons (Fsp3) is 0.391. The Kier molecular flexibility index (Phi) is 7.92. The number of guanidine groups is 1. The summed E-state index contributed by atoms with van der Waals surface area (Å²) in [5, 5.41) is 6.55. The molecule has 0 fully saturated rings. The van der Waals surface area contributed by atoms with Gasteiger partial charge in [-0.15, -0.1) is 0 Å². The third-order valence-electron chi connectivity index (χ3n) is 4.90. The second-order valence-corrected chi connectivity index (χ2v) is 6.97. The van der Waals surface area contributed by atoms with E-state index in [0.717, 1.165) is 49.7 Å². The number of fused-ring (bicyclic) bond motifs is 1. The summed E-state index contributed by atoms with van der Waals surface area (Å²) in [5.41, 5.74) is 2.33. The number of aliphatic imine (C=N–C) groups is 1. The molecule has 0 aromatic heterocycles. The molecule has 0 saturated heterocycles. The van der Waals surface area contributed by atoms with Crippen molar-refractivity contribution < 1.29 is 9.53 Å². The Morgan fingerprint density at radius 2 is 1.76 bits per heavy atom. The van der Waals surface area contributed by atoms with E-state index in [4.69, 9.17) is 4.74 Å². The molecule has 1 amide bonds. The van der Waals surface area contributed by atoms with E-state index in [1.54, 1.807) is 7.05 Å². The number of hydrogen-bond donors (Lipinski definition) is 2. The molecular formula is C23H30N4O2. The van der Waals surface area contributed by atoms with Gasteiger partial charge in [0.25, 0.3) is 0 Å². The quantitative estimate of drug-likeness (QED) is 0.390. The molecule has 2 aromatic rings. The van der Waals surface area contributed by atoms with E-state index in [0.29, 0.717) is 19.6 Å². The average molecular weight is 395 g/mol. The van der Waals surface area contributed by atoms with E-state index in [2.05, 4.69) is 21.7 Å². The van der Waals surface area contributed by atoms with Gasteiger partial charge in [0.05, 0.1) is 6.61 Å². The highest BCUT2D eigenvalue weighted by Crippen LogP contribution is 2.27. The molecule has 0 aliphatic carbocycles. The molecule has 0 atom stereocenters. The smallest absolute Gasteiger partial charge is 0.227 e. The highest BCUT2D eigenvalue weighted by molar-refractivity contribution is 5.95. The van der Waals surface area contributed by atoms with Crippen molar-refractivity contribution in [2.45, 2.75) is 25.7 Å². The van der Waals surface area contributed by atoms with Crippen molar-refractivity contribution in [1.82, 2.24) is 10.6 Å². The van der Waals surface area contributed by atoms with Gasteiger partial charge in [0.1, 0.15) is 5.75 Å². The molecule has 6 heteroatoms. The number of anilines is 1. The maximum Gasteiger partial charge on any atom is 0.227 e. The lowest BCUT2D eigenvalue weighted by Gasteiger charge is -2.17. The summed E-state index contributed by atoms with van der Waals surface area (Å²) in [6.45, 7) is 2.93. The van der Waals surface area contributed by atoms with Crippen LogP contribution in [0, 0.1) is 0 Å². The van der Waals surface area contributed by atoms with Crippen molar-refractivity contribution in [2.24, 2.45) is 4.99 Å². The first-order valence-corrected chi connectivity index (χ1v) is 10.3. The Morgan fingerprint density at radius 1 is 1.03 bits per heavy atom. The molecule has 0 unspecified atom stereocenters. The van der Waals surface area contributed by atoms with Gasteiger partial charge in [-0.3, -0.25) is 9.79 Å². The van der Waals surface area contributed by atoms with Crippen LogP contribution < -0.4 is 20.3 Å². The minimum Gasteiger partial charge on any atom is -0.494 e. The second-order valence-electron chi connectivity index (χ2n) is 6.97. The van der Waals surface area contributed by atoms with Gasteiger partial charge in [0.15, 0.2) is 5.96 Å². The van der Waals surface area contributed by atoms with E-state index >= 15 is 0 Å². The van der Waals surface area contributed by atoms with Crippen LogP contribution in [0.1, 0.15) is 24.8 Å². The van der Waals surface area contributed by atoms with Crippen molar-refractivity contribution in [3.63, 3.8) is 0 Å². The maximum atomic E-state index is 12.5. The Labute approximate surface area is 173 Å². The molecule has 0 saturated carbocycles. The number of nitrogens with zero attached hydrogens (tertiary/aromatic N) is 2. The molecule has 0 radical (unpaired) electrons. The monoisotopic (exact) mass is 394 g/mol. The van der Waals surface area contributed by atoms with Gasteiger partial charge in [-0.2, -0.15) is 0 Å². The molecule has 2 aromatic carbocycles. The summed E-state index contributed by atoms with van der Waals surface area (Å²) in [7, 11) is 1.75.